The van der Waals surface area contributed by atoms with E-state index >= 15 is 0 Å². The molecule has 118 valence electrons. The van der Waals surface area contributed by atoms with E-state index in [4.69, 9.17) is 0 Å². The number of fused-ring (bicyclic) bond motifs is 3. The van der Waals surface area contributed by atoms with Crippen LogP contribution in [0, 0.1) is 0 Å². The lowest BCUT2D eigenvalue weighted by molar-refractivity contribution is 0.0941. The molecule has 1 aromatic carbocycles. The Kier molecular flexibility index (Phi) is 3.69. The summed E-state index contributed by atoms with van der Waals surface area (Å²) in [6.07, 6.45) is 6.58. The van der Waals surface area contributed by atoms with Crippen LogP contribution < -0.4 is 10.6 Å². The van der Waals surface area contributed by atoms with E-state index in [9.17, 15) is 4.79 Å². The number of anilines is 1. The lowest BCUT2D eigenvalue weighted by Crippen LogP contribution is -2.45. The fourth-order valence-corrected chi connectivity index (χ4v) is 4.72. The molecule has 4 heteroatoms. The molecule has 1 aliphatic carbocycles. The highest BCUT2D eigenvalue weighted by molar-refractivity contribution is 7.16. The van der Waals surface area contributed by atoms with Gasteiger partial charge in [0.25, 0.3) is 5.91 Å². The molecule has 0 saturated carbocycles. The standard InChI is InChI=1S/C19H20N2OS/c1-12(11-13-7-3-2-4-8-13)17-20-18(22)16-14-9-5-6-10-15(14)23-19(16)21-17/h2-4,7-8,11,17,21H,5-6,9-10H2,1H3,(H,20,22)/b12-11+/t17-/m0/s1. The zero-order valence-corrected chi connectivity index (χ0v) is 14.0. The lowest BCUT2D eigenvalue weighted by atomic mass is 9.94. The summed E-state index contributed by atoms with van der Waals surface area (Å²) in [5, 5.41) is 7.69. The number of hydrogen-bond donors (Lipinski definition) is 2. The first-order valence-electron chi connectivity index (χ1n) is 8.17. The molecule has 0 bridgehead atoms. The summed E-state index contributed by atoms with van der Waals surface area (Å²) in [7, 11) is 0. The van der Waals surface area contributed by atoms with Crippen molar-refractivity contribution in [1.82, 2.24) is 5.32 Å². The summed E-state index contributed by atoms with van der Waals surface area (Å²) in [6.45, 7) is 2.06. The van der Waals surface area contributed by atoms with Crippen LogP contribution in [0.15, 0.2) is 35.9 Å². The van der Waals surface area contributed by atoms with Gasteiger partial charge in [0.15, 0.2) is 0 Å². The van der Waals surface area contributed by atoms with Gasteiger partial charge in [-0.05, 0) is 49.3 Å². The van der Waals surface area contributed by atoms with Crippen molar-refractivity contribution < 1.29 is 4.79 Å². The van der Waals surface area contributed by atoms with Crippen LogP contribution in [0.3, 0.4) is 0 Å². The van der Waals surface area contributed by atoms with Crippen molar-refractivity contribution in [2.45, 2.75) is 38.8 Å². The van der Waals surface area contributed by atoms with E-state index in [1.165, 1.54) is 23.3 Å². The molecule has 0 spiro atoms. The Balaban J connectivity index is 1.63. The Morgan fingerprint density at radius 1 is 1.17 bits per heavy atom. The number of hydrogen-bond acceptors (Lipinski definition) is 3. The molecule has 2 heterocycles. The van der Waals surface area contributed by atoms with E-state index < -0.39 is 0 Å². The normalized spacial score (nSPS) is 20.3. The molecule has 0 saturated heterocycles. The van der Waals surface area contributed by atoms with Crippen molar-refractivity contribution in [3.8, 4) is 0 Å². The van der Waals surface area contributed by atoms with Crippen LogP contribution in [0.1, 0.15) is 46.1 Å². The molecule has 2 aliphatic rings. The maximum absolute atomic E-state index is 12.6. The van der Waals surface area contributed by atoms with Crippen molar-refractivity contribution in [2.75, 3.05) is 5.32 Å². The van der Waals surface area contributed by atoms with Crippen LogP contribution >= 0.6 is 11.3 Å². The summed E-state index contributed by atoms with van der Waals surface area (Å²) >= 11 is 1.77. The Labute approximate surface area is 140 Å². The number of aryl methyl sites for hydroxylation is 1. The number of nitrogens with one attached hydrogen (secondary N) is 2. The summed E-state index contributed by atoms with van der Waals surface area (Å²) in [6, 6.07) is 10.2. The Morgan fingerprint density at radius 2 is 1.96 bits per heavy atom. The minimum atomic E-state index is -0.129. The van der Waals surface area contributed by atoms with Crippen LogP contribution in [-0.4, -0.2) is 12.1 Å². The highest BCUT2D eigenvalue weighted by Gasteiger charge is 2.31. The average molecular weight is 324 g/mol. The van der Waals surface area contributed by atoms with Gasteiger partial charge in [0.05, 0.1) is 5.56 Å². The molecule has 4 rings (SSSR count). The summed E-state index contributed by atoms with van der Waals surface area (Å²) in [5.74, 6) is 0.0731. The van der Waals surface area contributed by atoms with E-state index in [1.807, 2.05) is 18.2 Å². The highest BCUT2D eigenvalue weighted by atomic mass is 32.1. The van der Waals surface area contributed by atoms with Gasteiger partial charge < -0.3 is 10.6 Å². The Morgan fingerprint density at radius 3 is 2.78 bits per heavy atom. The SMILES string of the molecule is C/C(=C\c1ccccc1)[C@H]1NC(=O)c2c(sc3c2CCCC3)N1. The molecular weight excluding hydrogens is 304 g/mol. The first-order chi connectivity index (χ1) is 11.2. The fourth-order valence-electron chi connectivity index (χ4n) is 3.40. The van der Waals surface area contributed by atoms with Gasteiger partial charge in [-0.2, -0.15) is 0 Å². The van der Waals surface area contributed by atoms with Gasteiger partial charge in [-0.1, -0.05) is 36.4 Å². The molecule has 23 heavy (non-hydrogen) atoms. The van der Waals surface area contributed by atoms with Crippen LogP contribution in [0.5, 0.6) is 0 Å². The topological polar surface area (TPSA) is 41.1 Å². The highest BCUT2D eigenvalue weighted by Crippen LogP contribution is 2.40. The predicted molar refractivity (Wildman–Crippen MR) is 95.9 cm³/mol. The second-order valence-corrected chi connectivity index (χ2v) is 7.37. The number of thiophene rings is 1. The number of carbonyl (C=O) groups excluding carboxylic acids is 1. The smallest absolute Gasteiger partial charge is 0.256 e. The van der Waals surface area contributed by atoms with Crippen LogP contribution in [0.4, 0.5) is 5.00 Å². The largest absolute Gasteiger partial charge is 0.353 e. The van der Waals surface area contributed by atoms with Gasteiger partial charge in [0.2, 0.25) is 0 Å². The third-order valence-corrected chi connectivity index (χ3v) is 5.82. The van der Waals surface area contributed by atoms with Gasteiger partial charge in [0, 0.05) is 4.88 Å². The minimum Gasteiger partial charge on any atom is -0.353 e. The molecule has 2 N–H and O–H groups in total. The molecule has 3 nitrogen and oxygen atoms in total. The fraction of sp³-hybridized carbons (Fsp3) is 0.316. The number of rotatable bonds is 2. The molecule has 1 aromatic heterocycles. The molecule has 0 radical (unpaired) electrons. The van der Waals surface area contributed by atoms with Crippen molar-refractivity contribution in [2.24, 2.45) is 0 Å². The van der Waals surface area contributed by atoms with Crippen LogP contribution in [0.2, 0.25) is 0 Å². The van der Waals surface area contributed by atoms with Crippen LogP contribution in [-0.2, 0) is 12.8 Å². The molecule has 1 amide bonds. The first-order valence-corrected chi connectivity index (χ1v) is 8.99. The van der Waals surface area contributed by atoms with Gasteiger partial charge in [-0.15, -0.1) is 11.3 Å². The Bertz CT molecular complexity index is 776. The van der Waals surface area contributed by atoms with E-state index in [0.717, 1.165) is 34.5 Å². The zero-order valence-electron chi connectivity index (χ0n) is 13.2. The second kappa shape index (κ2) is 5.85. The quantitative estimate of drug-likeness (QED) is 0.869. The third-order valence-electron chi connectivity index (χ3n) is 4.60. The maximum Gasteiger partial charge on any atom is 0.256 e. The van der Waals surface area contributed by atoms with Crippen molar-refractivity contribution in [3.05, 3.63) is 57.5 Å². The number of benzene rings is 1. The molecule has 0 fully saturated rings. The molecular formula is C19H20N2OS. The van der Waals surface area contributed by atoms with Crippen LogP contribution in [0.25, 0.3) is 6.08 Å². The monoisotopic (exact) mass is 324 g/mol. The van der Waals surface area contributed by atoms with Gasteiger partial charge in [-0.25, -0.2) is 0 Å². The summed E-state index contributed by atoms with van der Waals surface area (Å²) < 4.78 is 0. The van der Waals surface area contributed by atoms with E-state index in [2.05, 4.69) is 35.8 Å². The lowest BCUT2D eigenvalue weighted by Gasteiger charge is -2.27. The Hall–Kier alpha value is -2.07. The minimum absolute atomic E-state index is 0.0731. The van der Waals surface area contributed by atoms with E-state index in [1.54, 1.807) is 11.3 Å². The third kappa shape index (κ3) is 2.68. The maximum atomic E-state index is 12.6. The predicted octanol–water partition coefficient (Wildman–Crippen LogP) is 4.21. The van der Waals surface area contributed by atoms with Gasteiger partial charge in [-0.3, -0.25) is 4.79 Å². The number of amides is 1. The molecule has 1 atom stereocenters. The number of carbonyl (C=O) groups is 1. The summed E-state index contributed by atoms with van der Waals surface area (Å²) in [5.41, 5.74) is 4.44. The van der Waals surface area contributed by atoms with Crippen molar-refractivity contribution in [1.29, 1.82) is 0 Å². The molecule has 2 aromatic rings. The zero-order chi connectivity index (χ0) is 15.8. The van der Waals surface area contributed by atoms with Gasteiger partial charge >= 0.3 is 0 Å². The molecule has 1 aliphatic heterocycles. The van der Waals surface area contributed by atoms with Crippen molar-refractivity contribution >= 4 is 28.3 Å². The first kappa shape index (κ1) is 14.5. The van der Waals surface area contributed by atoms with E-state index in [0.29, 0.717) is 0 Å². The second-order valence-electron chi connectivity index (χ2n) is 6.26. The average Bonchev–Trinajstić information content (AvgIpc) is 2.94. The molecule has 0 unspecified atom stereocenters. The summed E-state index contributed by atoms with van der Waals surface area (Å²) in [4.78, 5) is 14.0. The van der Waals surface area contributed by atoms with Gasteiger partial charge in [0.1, 0.15) is 11.2 Å². The van der Waals surface area contributed by atoms with E-state index in [-0.39, 0.29) is 12.1 Å². The van der Waals surface area contributed by atoms with Crippen molar-refractivity contribution in [3.63, 3.8) is 0 Å².